The van der Waals surface area contributed by atoms with Crippen molar-refractivity contribution in [3.8, 4) is 0 Å². The SMILES string of the molecule is NC(=[NH2+])NC(N)=O.O=P([O-])([O-])[O-]. The van der Waals surface area contributed by atoms with E-state index in [1.807, 2.05) is 5.32 Å². The van der Waals surface area contributed by atoms with E-state index in [1.54, 1.807) is 0 Å². The van der Waals surface area contributed by atoms with Crippen LogP contribution in [0.5, 0.6) is 0 Å². The van der Waals surface area contributed by atoms with E-state index in [0.717, 1.165) is 0 Å². The topological polar surface area (TPSA) is 193 Å². The third-order valence-corrected chi connectivity index (χ3v) is 0.268. The second kappa shape index (κ2) is 5.49. The molecule has 7 N–H and O–H groups in total. The van der Waals surface area contributed by atoms with E-state index in [0.29, 0.717) is 0 Å². The molecule has 0 rings (SSSR count). The lowest BCUT2D eigenvalue weighted by molar-refractivity contribution is -0.432. The minimum atomic E-state index is -5.39. The lowest BCUT2D eigenvalue weighted by Crippen LogP contribution is -2.57. The Kier molecular flexibility index (Phi) is 6.15. The third-order valence-electron chi connectivity index (χ3n) is 0.268. The number of nitrogens with one attached hydrogen (secondary N) is 1. The molecule has 0 saturated carbocycles. The molecule has 12 heavy (non-hydrogen) atoms. The number of hydrogen-bond acceptors (Lipinski definition) is 5. The Bertz CT molecular complexity index is 189. The lowest BCUT2D eigenvalue weighted by Gasteiger charge is -2.36. The first-order valence-corrected chi connectivity index (χ1v) is 3.76. The predicted molar refractivity (Wildman–Crippen MR) is 31.4 cm³/mol. The maximum absolute atomic E-state index is 9.74. The molecule has 2 amide bonds. The zero-order chi connectivity index (χ0) is 10.4. The van der Waals surface area contributed by atoms with Gasteiger partial charge in [-0.05, 0) is 0 Å². The van der Waals surface area contributed by atoms with Gasteiger partial charge < -0.3 is 25.0 Å². The van der Waals surface area contributed by atoms with Crippen molar-refractivity contribution in [2.75, 3.05) is 0 Å². The summed E-state index contributed by atoms with van der Waals surface area (Å²) in [6.07, 6.45) is 0. The van der Waals surface area contributed by atoms with Crippen LogP contribution in [0.1, 0.15) is 0 Å². The quantitative estimate of drug-likeness (QED) is 0.170. The summed E-state index contributed by atoms with van der Waals surface area (Å²) in [6, 6.07) is -0.750. The van der Waals surface area contributed by atoms with Gasteiger partial charge in [-0.15, -0.1) is 0 Å². The number of phosphoric acid groups is 1. The predicted octanol–water partition coefficient (Wildman–Crippen LogP) is -6.10. The summed E-state index contributed by atoms with van der Waals surface area (Å²) in [5.41, 5.74) is 9.34. The van der Waals surface area contributed by atoms with Gasteiger partial charge in [-0.3, -0.25) is 11.1 Å². The fraction of sp³-hybridized carbons (Fsp3) is 0. The summed E-state index contributed by atoms with van der Waals surface area (Å²) in [7, 11) is -5.39. The van der Waals surface area contributed by atoms with Crippen molar-refractivity contribution in [1.82, 2.24) is 5.32 Å². The fourth-order valence-corrected chi connectivity index (χ4v) is 0.142. The maximum Gasteiger partial charge on any atom is 0.376 e. The molecule has 0 fully saturated rings. The van der Waals surface area contributed by atoms with Crippen molar-refractivity contribution in [2.45, 2.75) is 0 Å². The van der Waals surface area contributed by atoms with E-state index < -0.39 is 13.9 Å². The molecular weight excluding hydrogens is 191 g/mol. The molecule has 0 aromatic heterocycles. The van der Waals surface area contributed by atoms with Crippen LogP contribution in [0.2, 0.25) is 0 Å². The van der Waals surface area contributed by atoms with E-state index in [2.05, 4.69) is 5.73 Å². The highest BCUT2D eigenvalue weighted by Crippen LogP contribution is 2.03. The van der Waals surface area contributed by atoms with Crippen molar-refractivity contribution in [1.29, 1.82) is 0 Å². The summed E-state index contributed by atoms with van der Waals surface area (Å²) in [4.78, 5) is 35.4. The van der Waals surface area contributed by atoms with Crippen LogP contribution < -0.4 is 36.9 Å². The molecule has 0 bridgehead atoms. The van der Waals surface area contributed by atoms with Gasteiger partial charge in [0.2, 0.25) is 0 Å². The summed E-state index contributed by atoms with van der Waals surface area (Å²) < 4.78 is 8.55. The molecule has 0 aliphatic carbocycles. The van der Waals surface area contributed by atoms with Gasteiger partial charge in [0.25, 0.3) is 0 Å². The molecule has 0 radical (unpaired) electrons. The Morgan fingerprint density at radius 3 is 1.58 bits per heavy atom. The number of carbonyl (C=O) groups excluding carboxylic acids is 1. The van der Waals surface area contributed by atoms with Crippen LogP contribution in [0.4, 0.5) is 4.79 Å². The van der Waals surface area contributed by atoms with Crippen LogP contribution in [0, 0.1) is 0 Å². The molecule has 0 atom stereocenters. The number of primary amides is 1. The van der Waals surface area contributed by atoms with Crippen molar-refractivity contribution < 1.29 is 29.4 Å². The van der Waals surface area contributed by atoms with E-state index in [9.17, 15) is 4.79 Å². The average molecular weight is 198 g/mol. The minimum absolute atomic E-state index is 0.187. The number of guanidine groups is 1. The van der Waals surface area contributed by atoms with Crippen LogP contribution in [-0.2, 0) is 4.57 Å². The minimum Gasteiger partial charge on any atom is -0.822 e. The van der Waals surface area contributed by atoms with Crippen molar-refractivity contribution in [3.63, 3.8) is 0 Å². The Hall–Kier alpha value is -1.15. The van der Waals surface area contributed by atoms with Gasteiger partial charge in [-0.2, -0.15) is 13.1 Å². The average Bonchev–Trinajstić information content (AvgIpc) is 1.52. The van der Waals surface area contributed by atoms with Gasteiger partial charge in [0.15, 0.2) is 0 Å². The van der Waals surface area contributed by atoms with E-state index in [4.69, 9.17) is 30.4 Å². The standard InChI is InChI=1S/C2H6N4O.H3O4P/c3-1(4)6-2(5)7;1-5(2,3)4/h(H6,3,4,5,6,7);(H3,1,2,3,4)/p-2. The van der Waals surface area contributed by atoms with Crippen LogP contribution in [0.25, 0.3) is 0 Å². The molecule has 0 aliphatic heterocycles. The summed E-state index contributed by atoms with van der Waals surface area (Å²) in [5.74, 6) is -0.187. The first-order valence-electron chi connectivity index (χ1n) is 2.30. The zero-order valence-electron chi connectivity index (χ0n) is 5.72. The number of nitrogens with two attached hydrogens (primary N) is 3. The summed E-state index contributed by atoms with van der Waals surface area (Å²) >= 11 is 0. The molecule has 0 aliphatic rings. The second-order valence-corrected chi connectivity index (χ2v) is 2.29. The van der Waals surface area contributed by atoms with Gasteiger partial charge in [-0.25, -0.2) is 4.79 Å². The van der Waals surface area contributed by atoms with Crippen LogP contribution >= 0.6 is 7.82 Å². The molecule has 0 unspecified atom stereocenters. The van der Waals surface area contributed by atoms with Gasteiger partial charge in [-0.1, -0.05) is 0 Å². The van der Waals surface area contributed by atoms with Crippen molar-refractivity contribution in [3.05, 3.63) is 0 Å². The highest BCUT2D eigenvalue weighted by molar-refractivity contribution is 7.40. The molecule has 72 valence electrons. The molecule has 9 nitrogen and oxygen atoms in total. The number of carbonyl (C=O) groups is 1. The van der Waals surface area contributed by atoms with Crippen LogP contribution in [0.15, 0.2) is 0 Å². The smallest absolute Gasteiger partial charge is 0.376 e. The molecule has 0 aromatic rings. The zero-order valence-corrected chi connectivity index (χ0v) is 6.61. The van der Waals surface area contributed by atoms with Gasteiger partial charge >= 0.3 is 12.0 Å². The third kappa shape index (κ3) is 67.1. The van der Waals surface area contributed by atoms with E-state index >= 15 is 0 Å². The largest absolute Gasteiger partial charge is 0.822 e. The lowest BCUT2D eigenvalue weighted by atomic mass is 10.9. The van der Waals surface area contributed by atoms with E-state index in [1.165, 1.54) is 0 Å². The normalized spacial score (nSPS) is 9.25. The fourth-order valence-electron chi connectivity index (χ4n) is 0.142. The van der Waals surface area contributed by atoms with Crippen LogP contribution in [0.3, 0.4) is 0 Å². The van der Waals surface area contributed by atoms with E-state index in [-0.39, 0.29) is 5.96 Å². The number of urea groups is 1. The number of hydrogen-bond donors (Lipinski definition) is 4. The van der Waals surface area contributed by atoms with Crippen LogP contribution in [-0.4, -0.2) is 12.0 Å². The Balaban J connectivity index is 0. The summed E-state index contributed by atoms with van der Waals surface area (Å²) in [5, 5.41) is 6.69. The maximum atomic E-state index is 9.74. The number of rotatable bonds is 0. The summed E-state index contributed by atoms with van der Waals surface area (Å²) in [6.45, 7) is 0. The van der Waals surface area contributed by atoms with Crippen molar-refractivity contribution in [2.24, 2.45) is 11.5 Å². The first-order chi connectivity index (χ1) is 5.13. The van der Waals surface area contributed by atoms with Gasteiger partial charge in [0.05, 0.1) is 0 Å². The Labute approximate surface area is 67.1 Å². The Morgan fingerprint density at radius 2 is 1.58 bits per heavy atom. The first kappa shape index (κ1) is 13.4. The molecule has 0 aromatic carbocycles. The molecular formula is C2H7N4O5P-2. The molecule has 0 heterocycles. The van der Waals surface area contributed by atoms with Gasteiger partial charge in [0.1, 0.15) is 0 Å². The highest BCUT2D eigenvalue weighted by Gasteiger charge is 1.96. The second-order valence-electron chi connectivity index (χ2n) is 1.39. The highest BCUT2D eigenvalue weighted by atomic mass is 31.2. The van der Waals surface area contributed by atoms with Crippen molar-refractivity contribution >= 4 is 19.8 Å². The molecule has 10 heteroatoms. The van der Waals surface area contributed by atoms with Gasteiger partial charge in [0, 0.05) is 0 Å². The molecule has 0 spiro atoms. The Morgan fingerprint density at radius 1 is 1.33 bits per heavy atom. The molecule has 0 saturated heterocycles. The monoisotopic (exact) mass is 198 g/mol. The number of amides is 2.